The van der Waals surface area contributed by atoms with E-state index in [2.05, 4.69) is 0 Å². The fourth-order valence-electron chi connectivity index (χ4n) is 2.27. The monoisotopic (exact) mass is 278 g/mol. The molecular weight excluding hydrogens is 252 g/mol. The second-order valence-electron chi connectivity index (χ2n) is 5.22. The van der Waals surface area contributed by atoms with Crippen molar-refractivity contribution in [1.82, 2.24) is 9.80 Å². The minimum atomic E-state index is -0.00453. The van der Waals surface area contributed by atoms with Gasteiger partial charge in [-0.1, -0.05) is 12.1 Å². The molecule has 0 radical (unpaired) electrons. The number of aromatic hydroxyl groups is 1. The molecule has 0 aliphatic carbocycles. The Morgan fingerprint density at radius 2 is 1.90 bits per heavy atom. The van der Waals surface area contributed by atoms with Crippen LogP contribution in [-0.4, -0.2) is 47.5 Å². The van der Waals surface area contributed by atoms with E-state index in [-0.39, 0.29) is 11.9 Å². The van der Waals surface area contributed by atoms with Gasteiger partial charge in [0.15, 0.2) is 0 Å². The number of nitrogens with zero attached hydrogens (tertiary/aromatic N) is 2. The van der Waals surface area contributed by atoms with Crippen molar-refractivity contribution < 1.29 is 9.90 Å². The molecule has 4 nitrogen and oxygen atoms in total. The molecule has 0 aliphatic rings. The number of rotatable bonds is 6. The smallest absolute Gasteiger partial charge is 0.236 e. The highest BCUT2D eigenvalue weighted by molar-refractivity contribution is 5.78. The number of phenols is 1. The van der Waals surface area contributed by atoms with E-state index < -0.39 is 0 Å². The highest BCUT2D eigenvalue weighted by atomic mass is 16.3. The molecule has 0 spiro atoms. The third-order valence-corrected chi connectivity index (χ3v) is 3.80. The van der Waals surface area contributed by atoms with E-state index in [1.165, 1.54) is 0 Å². The van der Waals surface area contributed by atoms with Crippen molar-refractivity contribution in [2.24, 2.45) is 0 Å². The van der Waals surface area contributed by atoms with Gasteiger partial charge in [-0.3, -0.25) is 9.69 Å². The van der Waals surface area contributed by atoms with Gasteiger partial charge in [0.05, 0.1) is 6.54 Å². The SMILES string of the molecule is CCN(CC)C(=O)CN(C)C(C)c1ccc(C)cc1O. The van der Waals surface area contributed by atoms with Crippen molar-refractivity contribution in [3.05, 3.63) is 29.3 Å². The molecule has 1 atom stereocenters. The minimum Gasteiger partial charge on any atom is -0.508 e. The number of hydrogen-bond donors (Lipinski definition) is 1. The van der Waals surface area contributed by atoms with E-state index in [4.69, 9.17) is 0 Å². The van der Waals surface area contributed by atoms with Crippen molar-refractivity contribution in [3.63, 3.8) is 0 Å². The van der Waals surface area contributed by atoms with Crippen molar-refractivity contribution in [2.45, 2.75) is 33.7 Å². The van der Waals surface area contributed by atoms with Gasteiger partial charge < -0.3 is 10.0 Å². The first-order valence-corrected chi connectivity index (χ1v) is 7.18. The first-order chi connectivity index (χ1) is 9.40. The second-order valence-corrected chi connectivity index (χ2v) is 5.22. The topological polar surface area (TPSA) is 43.8 Å². The largest absolute Gasteiger partial charge is 0.508 e. The standard InChI is InChI=1S/C16H26N2O2/c1-6-18(7-2)16(20)11-17(5)13(4)14-9-8-12(3)10-15(14)19/h8-10,13,19H,6-7,11H2,1-5H3. The zero-order valence-electron chi connectivity index (χ0n) is 13.2. The molecule has 20 heavy (non-hydrogen) atoms. The Hall–Kier alpha value is -1.55. The third-order valence-electron chi connectivity index (χ3n) is 3.80. The van der Waals surface area contributed by atoms with Gasteiger partial charge in [0, 0.05) is 24.7 Å². The number of benzene rings is 1. The van der Waals surface area contributed by atoms with Crippen LogP contribution in [0.25, 0.3) is 0 Å². The summed E-state index contributed by atoms with van der Waals surface area (Å²) in [7, 11) is 1.91. The van der Waals surface area contributed by atoms with E-state index in [0.717, 1.165) is 24.2 Å². The van der Waals surface area contributed by atoms with E-state index in [0.29, 0.717) is 12.3 Å². The summed E-state index contributed by atoms with van der Waals surface area (Å²) >= 11 is 0. The number of aryl methyl sites for hydroxylation is 1. The molecule has 0 heterocycles. The Morgan fingerprint density at radius 3 is 2.40 bits per heavy atom. The maximum Gasteiger partial charge on any atom is 0.236 e. The Balaban J connectivity index is 2.76. The molecule has 1 rings (SSSR count). The van der Waals surface area contributed by atoms with Crippen molar-refractivity contribution in [1.29, 1.82) is 0 Å². The van der Waals surface area contributed by atoms with Crippen molar-refractivity contribution >= 4 is 5.91 Å². The molecule has 0 saturated carbocycles. The normalized spacial score (nSPS) is 12.5. The number of amides is 1. The van der Waals surface area contributed by atoms with E-state index in [9.17, 15) is 9.90 Å². The van der Waals surface area contributed by atoms with E-state index in [1.54, 1.807) is 6.07 Å². The highest BCUT2D eigenvalue weighted by Crippen LogP contribution is 2.28. The molecule has 4 heteroatoms. The van der Waals surface area contributed by atoms with Gasteiger partial charge in [-0.15, -0.1) is 0 Å². The molecule has 0 bridgehead atoms. The van der Waals surface area contributed by atoms with Gasteiger partial charge in [-0.2, -0.15) is 0 Å². The molecule has 1 aromatic carbocycles. The van der Waals surface area contributed by atoms with Crippen LogP contribution in [0.2, 0.25) is 0 Å². The predicted octanol–water partition coefficient (Wildman–Crippen LogP) is 2.56. The number of carbonyl (C=O) groups excluding carboxylic acids is 1. The van der Waals surface area contributed by atoms with Crippen LogP contribution in [0.15, 0.2) is 18.2 Å². The summed E-state index contributed by atoms with van der Waals surface area (Å²) < 4.78 is 0. The molecule has 1 amide bonds. The van der Waals surface area contributed by atoms with Crippen molar-refractivity contribution in [2.75, 3.05) is 26.7 Å². The Kier molecular flexibility index (Phi) is 6.02. The number of carbonyl (C=O) groups is 1. The van der Waals surface area contributed by atoms with Gasteiger partial charge >= 0.3 is 0 Å². The minimum absolute atomic E-state index is 0.00453. The summed E-state index contributed by atoms with van der Waals surface area (Å²) in [5, 5.41) is 10.0. The summed E-state index contributed by atoms with van der Waals surface area (Å²) in [5.74, 6) is 0.413. The van der Waals surface area contributed by atoms with Crippen molar-refractivity contribution in [3.8, 4) is 5.75 Å². The molecule has 1 unspecified atom stereocenters. The molecule has 0 aliphatic heterocycles. The van der Waals surface area contributed by atoms with Crippen LogP contribution in [-0.2, 0) is 4.79 Å². The van der Waals surface area contributed by atoms with Gasteiger partial charge in [0.2, 0.25) is 5.91 Å². The lowest BCUT2D eigenvalue weighted by molar-refractivity contribution is -0.132. The summed E-state index contributed by atoms with van der Waals surface area (Å²) in [5.41, 5.74) is 1.88. The van der Waals surface area contributed by atoms with Gasteiger partial charge in [-0.05, 0) is 46.4 Å². The first kappa shape index (κ1) is 16.5. The van der Waals surface area contributed by atoms with Crippen LogP contribution in [0.5, 0.6) is 5.75 Å². The fraction of sp³-hybridized carbons (Fsp3) is 0.562. The molecule has 0 aromatic heterocycles. The predicted molar refractivity (Wildman–Crippen MR) is 81.8 cm³/mol. The van der Waals surface area contributed by atoms with Gasteiger partial charge in [0.1, 0.15) is 5.75 Å². The second kappa shape index (κ2) is 7.29. The molecule has 0 fully saturated rings. The Labute approximate surface area is 122 Å². The summed E-state index contributed by atoms with van der Waals surface area (Å²) in [6.45, 7) is 9.73. The summed E-state index contributed by atoms with van der Waals surface area (Å²) in [4.78, 5) is 15.9. The van der Waals surface area contributed by atoms with Crippen LogP contribution in [0, 0.1) is 6.92 Å². The zero-order valence-corrected chi connectivity index (χ0v) is 13.2. The summed E-state index contributed by atoms with van der Waals surface area (Å²) in [6.07, 6.45) is 0. The van der Waals surface area contributed by atoms with Crippen LogP contribution in [0.3, 0.4) is 0 Å². The fourth-order valence-corrected chi connectivity index (χ4v) is 2.27. The average Bonchev–Trinajstić information content (AvgIpc) is 2.39. The Bertz CT molecular complexity index is 456. The van der Waals surface area contributed by atoms with Crippen LogP contribution < -0.4 is 0 Å². The number of likely N-dealkylation sites (N-methyl/N-ethyl adjacent to an activating group) is 2. The molecule has 0 saturated heterocycles. The number of hydrogen-bond acceptors (Lipinski definition) is 3. The number of phenolic OH excluding ortho intramolecular Hbond substituents is 1. The summed E-state index contributed by atoms with van der Waals surface area (Å²) in [6, 6.07) is 5.65. The maximum absolute atomic E-state index is 12.1. The quantitative estimate of drug-likeness (QED) is 0.869. The highest BCUT2D eigenvalue weighted by Gasteiger charge is 2.19. The average molecular weight is 278 g/mol. The first-order valence-electron chi connectivity index (χ1n) is 7.18. The molecular formula is C16H26N2O2. The van der Waals surface area contributed by atoms with E-state index in [1.807, 2.05) is 56.7 Å². The molecule has 1 aromatic rings. The van der Waals surface area contributed by atoms with Crippen LogP contribution in [0.4, 0.5) is 0 Å². The lowest BCUT2D eigenvalue weighted by atomic mass is 10.0. The zero-order chi connectivity index (χ0) is 15.3. The molecule has 112 valence electrons. The van der Waals surface area contributed by atoms with Gasteiger partial charge in [0.25, 0.3) is 0 Å². The van der Waals surface area contributed by atoms with Crippen LogP contribution >= 0.6 is 0 Å². The lowest BCUT2D eigenvalue weighted by Crippen LogP contribution is -2.39. The lowest BCUT2D eigenvalue weighted by Gasteiger charge is -2.28. The van der Waals surface area contributed by atoms with Crippen LogP contribution in [0.1, 0.15) is 37.9 Å². The Morgan fingerprint density at radius 1 is 1.30 bits per heavy atom. The van der Waals surface area contributed by atoms with Gasteiger partial charge in [-0.25, -0.2) is 0 Å². The maximum atomic E-state index is 12.1. The molecule has 1 N–H and O–H groups in total. The van der Waals surface area contributed by atoms with E-state index >= 15 is 0 Å². The third kappa shape index (κ3) is 3.97.